The van der Waals surface area contributed by atoms with Gasteiger partial charge in [-0.2, -0.15) is 0 Å². The van der Waals surface area contributed by atoms with Gasteiger partial charge in [-0.15, -0.1) is 0 Å². The molecule has 0 heterocycles. The van der Waals surface area contributed by atoms with Crippen LogP contribution in [0.3, 0.4) is 0 Å². The molecule has 1 aromatic carbocycles. The van der Waals surface area contributed by atoms with Gasteiger partial charge >= 0.3 is 5.97 Å². The maximum atomic E-state index is 12.1. The molecule has 0 aliphatic rings. The molecular weight excluding hydrogens is 189 g/mol. The second kappa shape index (κ2) is 4.45. The van der Waals surface area contributed by atoms with E-state index in [4.69, 9.17) is 5.11 Å². The van der Waals surface area contributed by atoms with Crippen molar-refractivity contribution in [3.63, 3.8) is 0 Å². The third-order valence-corrected chi connectivity index (χ3v) is 1.65. The number of benzene rings is 1. The summed E-state index contributed by atoms with van der Waals surface area (Å²) in [5, 5.41) is 20.2. The first kappa shape index (κ1) is 10.3. The Kier molecular flexibility index (Phi) is 3.28. The average Bonchev–Trinajstić information content (AvgIpc) is 2.15. The maximum Gasteiger partial charge on any atom is 0.322 e. The molecule has 0 unspecified atom stereocenters. The van der Waals surface area contributed by atoms with E-state index in [-0.39, 0.29) is 18.0 Å². The molecule has 76 valence electrons. The third kappa shape index (κ3) is 2.62. The zero-order valence-electron chi connectivity index (χ0n) is 7.33. The molecule has 0 aliphatic heterocycles. The summed E-state index contributed by atoms with van der Waals surface area (Å²) < 4.78 is 12.1. The molecule has 0 amide bonds. The lowest BCUT2D eigenvalue weighted by Gasteiger charge is -2.06. The summed E-state index contributed by atoms with van der Waals surface area (Å²) in [5.41, 5.74) is 0.632. The highest BCUT2D eigenvalue weighted by Crippen LogP contribution is 2.24. The number of aliphatic carboxylic acids is 1. The zero-order chi connectivity index (χ0) is 10.6. The summed E-state index contributed by atoms with van der Waals surface area (Å²) in [6, 6.07) is 4.17. The van der Waals surface area contributed by atoms with Crippen LogP contribution in [0.2, 0.25) is 0 Å². The SMILES string of the molecule is O=C(O)CNc1ccc(CF)cc1O. The first-order valence-corrected chi connectivity index (χ1v) is 3.97. The Morgan fingerprint density at radius 1 is 1.50 bits per heavy atom. The molecular formula is C9H10FNO3. The first-order valence-electron chi connectivity index (χ1n) is 3.97. The van der Waals surface area contributed by atoms with E-state index in [0.717, 1.165) is 0 Å². The first-order chi connectivity index (χ1) is 6.63. The highest BCUT2D eigenvalue weighted by Gasteiger charge is 2.03. The Morgan fingerprint density at radius 2 is 2.21 bits per heavy atom. The quantitative estimate of drug-likeness (QED) is 0.640. The van der Waals surface area contributed by atoms with Crippen molar-refractivity contribution in [2.24, 2.45) is 0 Å². The van der Waals surface area contributed by atoms with Crippen molar-refractivity contribution in [3.05, 3.63) is 23.8 Å². The Hall–Kier alpha value is -1.78. The van der Waals surface area contributed by atoms with Crippen molar-refractivity contribution in [2.75, 3.05) is 11.9 Å². The second-order valence-corrected chi connectivity index (χ2v) is 2.73. The van der Waals surface area contributed by atoms with E-state index in [0.29, 0.717) is 5.56 Å². The fraction of sp³-hybridized carbons (Fsp3) is 0.222. The number of carboxylic acid groups (broad SMARTS) is 1. The Balaban J connectivity index is 2.73. The molecule has 1 aromatic rings. The number of phenolic OH excluding ortho intramolecular Hbond substituents is 1. The van der Waals surface area contributed by atoms with Gasteiger partial charge in [0.1, 0.15) is 19.0 Å². The Morgan fingerprint density at radius 3 is 2.71 bits per heavy atom. The molecule has 14 heavy (non-hydrogen) atoms. The van der Waals surface area contributed by atoms with Crippen molar-refractivity contribution in [1.82, 2.24) is 0 Å². The lowest BCUT2D eigenvalue weighted by atomic mass is 10.2. The van der Waals surface area contributed by atoms with Gasteiger partial charge in [-0.25, -0.2) is 4.39 Å². The van der Waals surface area contributed by atoms with Gasteiger partial charge in [0.25, 0.3) is 0 Å². The lowest BCUT2D eigenvalue weighted by molar-refractivity contribution is -0.134. The normalized spacial score (nSPS) is 9.79. The molecule has 3 N–H and O–H groups in total. The topological polar surface area (TPSA) is 69.6 Å². The number of phenols is 1. The fourth-order valence-electron chi connectivity index (χ4n) is 0.981. The standard InChI is InChI=1S/C9H10FNO3/c10-4-6-1-2-7(8(12)3-6)11-5-9(13)14/h1-3,11-12H,4-5H2,(H,13,14). The van der Waals surface area contributed by atoms with Gasteiger partial charge in [0.15, 0.2) is 0 Å². The zero-order valence-corrected chi connectivity index (χ0v) is 7.33. The molecule has 0 aromatic heterocycles. The minimum absolute atomic E-state index is 0.151. The summed E-state index contributed by atoms with van der Waals surface area (Å²) in [6.45, 7) is -0.949. The summed E-state index contributed by atoms with van der Waals surface area (Å²) in [6.07, 6.45) is 0. The van der Waals surface area contributed by atoms with Crippen LogP contribution >= 0.6 is 0 Å². The van der Waals surface area contributed by atoms with Crippen LogP contribution in [0.15, 0.2) is 18.2 Å². The van der Waals surface area contributed by atoms with Gasteiger partial charge in [-0.05, 0) is 17.7 Å². The number of halogens is 1. The van der Waals surface area contributed by atoms with Gasteiger partial charge in [0.05, 0.1) is 5.69 Å². The second-order valence-electron chi connectivity index (χ2n) is 2.73. The molecule has 0 aliphatic carbocycles. The summed E-state index contributed by atoms with van der Waals surface area (Å²) in [4.78, 5) is 10.2. The molecule has 0 atom stereocenters. The number of aromatic hydroxyl groups is 1. The lowest BCUT2D eigenvalue weighted by Crippen LogP contribution is -2.12. The van der Waals surface area contributed by atoms with Crippen LogP contribution < -0.4 is 5.32 Å². The largest absolute Gasteiger partial charge is 0.506 e. The maximum absolute atomic E-state index is 12.1. The number of rotatable bonds is 4. The van der Waals surface area contributed by atoms with Crippen LogP contribution in [0.1, 0.15) is 5.56 Å². The van der Waals surface area contributed by atoms with Crippen LogP contribution in [0.4, 0.5) is 10.1 Å². The predicted octanol–water partition coefficient (Wildman–Crippen LogP) is 1.36. The highest BCUT2D eigenvalue weighted by atomic mass is 19.1. The van der Waals surface area contributed by atoms with Gasteiger partial charge in [-0.1, -0.05) is 6.07 Å². The number of hydrogen-bond acceptors (Lipinski definition) is 3. The minimum atomic E-state index is -1.03. The molecule has 4 nitrogen and oxygen atoms in total. The molecule has 0 fully saturated rings. The van der Waals surface area contributed by atoms with Crippen molar-refractivity contribution < 1.29 is 19.4 Å². The number of carbonyl (C=O) groups is 1. The van der Waals surface area contributed by atoms with Crippen LogP contribution in [-0.2, 0) is 11.5 Å². The Bertz CT molecular complexity index is 341. The number of carboxylic acids is 1. The Labute approximate surface area is 80.0 Å². The van der Waals surface area contributed by atoms with E-state index in [1.165, 1.54) is 18.2 Å². The molecule has 0 spiro atoms. The predicted molar refractivity (Wildman–Crippen MR) is 49.0 cm³/mol. The number of hydrogen-bond donors (Lipinski definition) is 3. The molecule has 0 saturated heterocycles. The van der Waals surface area contributed by atoms with E-state index in [9.17, 15) is 14.3 Å². The van der Waals surface area contributed by atoms with Crippen LogP contribution in [0.5, 0.6) is 5.75 Å². The smallest absolute Gasteiger partial charge is 0.322 e. The number of nitrogens with one attached hydrogen (secondary N) is 1. The average molecular weight is 199 g/mol. The molecule has 0 bridgehead atoms. The van der Waals surface area contributed by atoms with E-state index in [1.807, 2.05) is 0 Å². The minimum Gasteiger partial charge on any atom is -0.506 e. The molecule has 0 saturated carbocycles. The van der Waals surface area contributed by atoms with Gasteiger partial charge in [0.2, 0.25) is 0 Å². The van der Waals surface area contributed by atoms with Gasteiger partial charge in [-0.3, -0.25) is 4.79 Å². The summed E-state index contributed by atoms with van der Waals surface area (Å²) >= 11 is 0. The van der Waals surface area contributed by atoms with Crippen molar-refractivity contribution in [2.45, 2.75) is 6.67 Å². The number of alkyl halides is 1. The van der Waals surface area contributed by atoms with Crippen molar-refractivity contribution in [1.29, 1.82) is 0 Å². The van der Waals surface area contributed by atoms with Crippen LogP contribution in [-0.4, -0.2) is 22.7 Å². The highest BCUT2D eigenvalue weighted by molar-refractivity contribution is 5.73. The van der Waals surface area contributed by atoms with E-state index < -0.39 is 12.6 Å². The molecule has 1 rings (SSSR count). The van der Waals surface area contributed by atoms with Gasteiger partial charge in [0, 0.05) is 0 Å². The van der Waals surface area contributed by atoms with Gasteiger partial charge < -0.3 is 15.5 Å². The van der Waals surface area contributed by atoms with E-state index in [1.54, 1.807) is 0 Å². The summed E-state index contributed by atoms with van der Waals surface area (Å²) in [5.74, 6) is -1.18. The molecule has 0 radical (unpaired) electrons. The number of anilines is 1. The van der Waals surface area contributed by atoms with E-state index >= 15 is 0 Å². The monoisotopic (exact) mass is 199 g/mol. The summed E-state index contributed by atoms with van der Waals surface area (Å²) in [7, 11) is 0. The van der Waals surface area contributed by atoms with Crippen molar-refractivity contribution >= 4 is 11.7 Å². The third-order valence-electron chi connectivity index (χ3n) is 1.65. The molecule has 5 heteroatoms. The fourth-order valence-corrected chi connectivity index (χ4v) is 0.981. The van der Waals surface area contributed by atoms with Crippen LogP contribution in [0.25, 0.3) is 0 Å². The van der Waals surface area contributed by atoms with E-state index in [2.05, 4.69) is 5.32 Å². The van der Waals surface area contributed by atoms with Crippen molar-refractivity contribution in [3.8, 4) is 5.75 Å². The van der Waals surface area contributed by atoms with Crippen LogP contribution in [0, 0.1) is 0 Å².